The predicted octanol–water partition coefficient (Wildman–Crippen LogP) is 2.46. The molecule has 4 N–H and O–H groups in total. The Balaban J connectivity index is 4.82. The molecular weight excluding hydrogens is 306 g/mol. The summed E-state index contributed by atoms with van der Waals surface area (Å²) in [6, 6.07) is -1.00. The minimum absolute atomic E-state index is 0.0556. The third-order valence-electron chi connectivity index (χ3n) is 4.00. The third kappa shape index (κ3) is 8.89. The SMILES string of the molecule is CC(C)C[C@@H](CCCNC(N)=O)C(=O)N[C@H](C(=O)C(C)C)C(C)C. The Bertz CT molecular complexity index is 420. The first-order chi connectivity index (χ1) is 11.1. The Morgan fingerprint density at radius 1 is 1.00 bits per heavy atom. The van der Waals surface area contributed by atoms with Crippen LogP contribution in [-0.2, 0) is 9.59 Å². The molecule has 0 spiro atoms. The van der Waals surface area contributed by atoms with E-state index in [1.54, 1.807) is 0 Å². The van der Waals surface area contributed by atoms with E-state index in [4.69, 9.17) is 5.73 Å². The smallest absolute Gasteiger partial charge is 0.312 e. The molecule has 0 unspecified atom stereocenters. The summed E-state index contributed by atoms with van der Waals surface area (Å²) in [4.78, 5) is 35.7. The summed E-state index contributed by atoms with van der Waals surface area (Å²) in [5, 5.41) is 5.49. The highest BCUT2D eigenvalue weighted by Gasteiger charge is 2.29. The van der Waals surface area contributed by atoms with Gasteiger partial charge in [0.15, 0.2) is 5.78 Å². The lowest BCUT2D eigenvalue weighted by Crippen LogP contribution is -2.48. The molecule has 0 aliphatic heterocycles. The number of carbonyl (C=O) groups excluding carboxylic acids is 3. The summed E-state index contributed by atoms with van der Waals surface area (Å²) in [6.45, 7) is 12.2. The maximum absolute atomic E-state index is 12.7. The van der Waals surface area contributed by atoms with E-state index in [0.29, 0.717) is 25.3 Å². The van der Waals surface area contributed by atoms with Crippen LogP contribution in [0.2, 0.25) is 0 Å². The van der Waals surface area contributed by atoms with Crippen molar-refractivity contribution in [3.63, 3.8) is 0 Å². The molecule has 3 amide bonds. The third-order valence-corrected chi connectivity index (χ3v) is 4.00. The van der Waals surface area contributed by atoms with Crippen LogP contribution in [0.4, 0.5) is 4.79 Å². The first-order valence-electron chi connectivity index (χ1n) is 8.93. The minimum Gasteiger partial charge on any atom is -0.352 e. The largest absolute Gasteiger partial charge is 0.352 e. The molecule has 0 aliphatic carbocycles. The van der Waals surface area contributed by atoms with E-state index in [1.165, 1.54) is 0 Å². The Kier molecular flexibility index (Phi) is 10.3. The van der Waals surface area contributed by atoms with E-state index >= 15 is 0 Å². The van der Waals surface area contributed by atoms with Crippen molar-refractivity contribution >= 4 is 17.7 Å². The van der Waals surface area contributed by atoms with Gasteiger partial charge in [-0.1, -0.05) is 41.5 Å². The summed E-state index contributed by atoms with van der Waals surface area (Å²) < 4.78 is 0. The van der Waals surface area contributed by atoms with E-state index in [9.17, 15) is 14.4 Å². The maximum Gasteiger partial charge on any atom is 0.312 e. The molecule has 0 bridgehead atoms. The standard InChI is InChI=1S/C18H35N3O3/c1-11(2)10-14(8-7-9-20-18(19)24)17(23)21-15(12(3)4)16(22)13(5)6/h11-15H,7-10H2,1-6H3,(H,21,23)(H3,19,20,24)/t14-,15+/m1/s1. The van der Waals surface area contributed by atoms with Gasteiger partial charge < -0.3 is 16.4 Å². The van der Waals surface area contributed by atoms with E-state index < -0.39 is 12.1 Å². The number of ketones is 1. The van der Waals surface area contributed by atoms with Gasteiger partial charge in [0.1, 0.15) is 0 Å². The zero-order chi connectivity index (χ0) is 18.9. The molecule has 0 fully saturated rings. The molecule has 6 nitrogen and oxygen atoms in total. The van der Waals surface area contributed by atoms with Crippen LogP contribution >= 0.6 is 0 Å². The number of hydrogen-bond donors (Lipinski definition) is 3. The Labute approximate surface area is 146 Å². The monoisotopic (exact) mass is 341 g/mol. The maximum atomic E-state index is 12.7. The highest BCUT2D eigenvalue weighted by molar-refractivity contribution is 5.91. The Morgan fingerprint density at radius 3 is 2.00 bits per heavy atom. The molecule has 0 saturated heterocycles. The number of primary amides is 1. The second-order valence-corrected chi connectivity index (χ2v) is 7.55. The molecule has 0 heterocycles. The highest BCUT2D eigenvalue weighted by atomic mass is 16.2. The van der Waals surface area contributed by atoms with Crippen LogP contribution in [-0.4, -0.2) is 30.3 Å². The number of rotatable bonds is 11. The average molecular weight is 341 g/mol. The van der Waals surface area contributed by atoms with Crippen LogP contribution in [0.15, 0.2) is 0 Å². The fourth-order valence-corrected chi connectivity index (χ4v) is 2.68. The molecule has 0 aromatic rings. The van der Waals surface area contributed by atoms with Crippen LogP contribution in [0.5, 0.6) is 0 Å². The summed E-state index contributed by atoms with van der Waals surface area (Å²) >= 11 is 0. The van der Waals surface area contributed by atoms with Gasteiger partial charge in [-0.15, -0.1) is 0 Å². The summed E-state index contributed by atoms with van der Waals surface area (Å²) in [6.07, 6.45) is 2.09. The Morgan fingerprint density at radius 2 is 1.58 bits per heavy atom. The highest BCUT2D eigenvalue weighted by Crippen LogP contribution is 2.19. The quantitative estimate of drug-likeness (QED) is 0.503. The van der Waals surface area contributed by atoms with Gasteiger partial charge in [0.2, 0.25) is 5.91 Å². The van der Waals surface area contributed by atoms with Crippen molar-refractivity contribution in [1.82, 2.24) is 10.6 Å². The second kappa shape index (κ2) is 11.0. The summed E-state index contributed by atoms with van der Waals surface area (Å²) in [7, 11) is 0. The van der Waals surface area contributed by atoms with Crippen LogP contribution in [0.3, 0.4) is 0 Å². The second-order valence-electron chi connectivity index (χ2n) is 7.55. The van der Waals surface area contributed by atoms with E-state index in [1.807, 2.05) is 27.7 Å². The van der Waals surface area contributed by atoms with Crippen molar-refractivity contribution in [2.24, 2.45) is 29.4 Å². The van der Waals surface area contributed by atoms with Crippen LogP contribution < -0.4 is 16.4 Å². The Hall–Kier alpha value is -1.59. The van der Waals surface area contributed by atoms with Gasteiger partial charge in [-0.2, -0.15) is 0 Å². The van der Waals surface area contributed by atoms with Gasteiger partial charge in [0.05, 0.1) is 6.04 Å². The van der Waals surface area contributed by atoms with E-state index in [-0.39, 0.29) is 29.4 Å². The van der Waals surface area contributed by atoms with Crippen LogP contribution in [0, 0.1) is 23.7 Å². The first kappa shape index (κ1) is 22.4. The van der Waals surface area contributed by atoms with Gasteiger partial charge in [-0.3, -0.25) is 9.59 Å². The molecule has 6 heteroatoms. The number of nitrogens with two attached hydrogens (primary N) is 1. The van der Waals surface area contributed by atoms with Gasteiger partial charge in [-0.25, -0.2) is 4.79 Å². The topological polar surface area (TPSA) is 101 Å². The average Bonchev–Trinajstić information content (AvgIpc) is 2.45. The van der Waals surface area contributed by atoms with E-state index in [2.05, 4.69) is 24.5 Å². The number of amides is 3. The lowest BCUT2D eigenvalue weighted by Gasteiger charge is -2.26. The molecule has 0 rings (SSSR count). The van der Waals surface area contributed by atoms with Crippen LogP contribution in [0.1, 0.15) is 60.8 Å². The molecule has 0 aromatic carbocycles. The molecule has 0 radical (unpaired) electrons. The predicted molar refractivity (Wildman–Crippen MR) is 96.4 cm³/mol. The van der Waals surface area contributed by atoms with Crippen LogP contribution in [0.25, 0.3) is 0 Å². The van der Waals surface area contributed by atoms with Gasteiger partial charge in [-0.05, 0) is 31.1 Å². The molecule has 0 saturated carbocycles. The number of urea groups is 1. The van der Waals surface area contributed by atoms with Gasteiger partial charge in [0, 0.05) is 18.4 Å². The molecule has 24 heavy (non-hydrogen) atoms. The van der Waals surface area contributed by atoms with Crippen molar-refractivity contribution in [2.45, 2.75) is 66.8 Å². The molecule has 140 valence electrons. The summed E-state index contributed by atoms with van der Waals surface area (Å²) in [5.74, 6) is 0.151. The van der Waals surface area contributed by atoms with Crippen molar-refractivity contribution < 1.29 is 14.4 Å². The molecular formula is C18H35N3O3. The number of Topliss-reactive ketones (excluding diaryl/α,β-unsaturated/α-hetero) is 1. The number of carbonyl (C=O) groups is 3. The molecule has 2 atom stereocenters. The van der Waals surface area contributed by atoms with Crippen molar-refractivity contribution in [3.05, 3.63) is 0 Å². The normalized spacial score (nSPS) is 13.9. The van der Waals surface area contributed by atoms with E-state index in [0.717, 1.165) is 6.42 Å². The fraction of sp³-hybridized carbons (Fsp3) is 0.833. The number of hydrogen-bond acceptors (Lipinski definition) is 3. The zero-order valence-electron chi connectivity index (χ0n) is 16.0. The minimum atomic E-state index is -0.553. The van der Waals surface area contributed by atoms with Gasteiger partial charge >= 0.3 is 6.03 Å². The fourth-order valence-electron chi connectivity index (χ4n) is 2.68. The van der Waals surface area contributed by atoms with Crippen molar-refractivity contribution in [2.75, 3.05) is 6.54 Å². The molecule has 0 aromatic heterocycles. The first-order valence-corrected chi connectivity index (χ1v) is 8.93. The van der Waals surface area contributed by atoms with Crippen molar-refractivity contribution in [1.29, 1.82) is 0 Å². The number of nitrogens with one attached hydrogen (secondary N) is 2. The van der Waals surface area contributed by atoms with Gasteiger partial charge in [0.25, 0.3) is 0 Å². The zero-order valence-corrected chi connectivity index (χ0v) is 16.0. The lowest BCUT2D eigenvalue weighted by molar-refractivity contribution is -0.133. The molecule has 0 aliphatic rings. The lowest BCUT2D eigenvalue weighted by atomic mass is 9.89. The summed E-state index contributed by atoms with van der Waals surface area (Å²) in [5.41, 5.74) is 5.04. The van der Waals surface area contributed by atoms with Crippen molar-refractivity contribution in [3.8, 4) is 0 Å².